The summed E-state index contributed by atoms with van der Waals surface area (Å²) in [5.74, 6) is 1.27. The summed E-state index contributed by atoms with van der Waals surface area (Å²) in [6, 6.07) is 0.311. The highest BCUT2D eigenvalue weighted by Gasteiger charge is 2.16. The molecule has 2 heterocycles. The molecule has 0 atom stereocenters. The molecule has 0 bridgehead atoms. The molecule has 0 radical (unpaired) electrons. The van der Waals surface area contributed by atoms with Crippen molar-refractivity contribution in [1.82, 2.24) is 15.0 Å². The minimum Gasteiger partial charge on any atom is -0.463 e. The van der Waals surface area contributed by atoms with Crippen LogP contribution in [0.3, 0.4) is 0 Å². The lowest BCUT2D eigenvalue weighted by molar-refractivity contribution is 0.0482. The van der Waals surface area contributed by atoms with E-state index in [0.717, 1.165) is 39.1 Å². The number of anilines is 2. The van der Waals surface area contributed by atoms with Gasteiger partial charge in [0.2, 0.25) is 11.9 Å². The lowest BCUT2D eigenvalue weighted by Gasteiger charge is -2.22. The van der Waals surface area contributed by atoms with Crippen molar-refractivity contribution in [1.29, 1.82) is 0 Å². The minimum absolute atomic E-state index is 0.198. The van der Waals surface area contributed by atoms with E-state index in [-0.39, 0.29) is 5.95 Å². The topological polar surface area (TPSA) is 86.4 Å². The van der Waals surface area contributed by atoms with Crippen molar-refractivity contribution >= 4 is 11.9 Å². The molecule has 0 spiro atoms. The number of hydrogen-bond donors (Lipinski definition) is 1. The zero-order valence-corrected chi connectivity index (χ0v) is 12.2. The first kappa shape index (κ1) is 14.8. The normalized spacial score (nSPS) is 16.1. The molecule has 0 unspecified atom stereocenters. The highest BCUT2D eigenvalue weighted by Crippen LogP contribution is 2.17. The molecule has 1 aromatic heterocycles. The Hall–Kier alpha value is -1.63. The fourth-order valence-corrected chi connectivity index (χ4v) is 2.18. The fraction of sp³-hybridized carbons (Fsp3) is 0.769. The van der Waals surface area contributed by atoms with Crippen LogP contribution in [0.1, 0.15) is 26.7 Å². The first-order valence-electron chi connectivity index (χ1n) is 7.20. The van der Waals surface area contributed by atoms with Gasteiger partial charge in [-0.05, 0) is 32.6 Å². The van der Waals surface area contributed by atoms with Gasteiger partial charge in [-0.2, -0.15) is 15.0 Å². The summed E-state index contributed by atoms with van der Waals surface area (Å²) in [5, 5.41) is 0. The van der Waals surface area contributed by atoms with Crippen LogP contribution < -0.4 is 15.4 Å². The fourth-order valence-electron chi connectivity index (χ4n) is 2.18. The van der Waals surface area contributed by atoms with Gasteiger partial charge >= 0.3 is 6.01 Å². The van der Waals surface area contributed by atoms with E-state index in [9.17, 15) is 0 Å². The molecule has 7 heteroatoms. The third kappa shape index (κ3) is 3.93. The van der Waals surface area contributed by atoms with Gasteiger partial charge in [0.15, 0.2) is 0 Å². The average Bonchev–Trinajstić information content (AvgIpc) is 2.47. The van der Waals surface area contributed by atoms with Crippen molar-refractivity contribution in [3.8, 4) is 6.01 Å². The lowest BCUT2D eigenvalue weighted by atomic mass is 10.0. The Morgan fingerprint density at radius 2 is 1.90 bits per heavy atom. The Bertz CT molecular complexity index is 419. The molecule has 2 rings (SSSR count). The van der Waals surface area contributed by atoms with Crippen molar-refractivity contribution in [2.24, 2.45) is 5.92 Å². The maximum atomic E-state index is 5.73. The minimum atomic E-state index is 0.198. The second-order valence-electron chi connectivity index (χ2n) is 4.82. The molecular formula is C13H23N5O2. The number of aromatic nitrogens is 3. The summed E-state index contributed by atoms with van der Waals surface area (Å²) >= 11 is 0. The largest absolute Gasteiger partial charge is 0.463 e. The van der Waals surface area contributed by atoms with Gasteiger partial charge in [-0.25, -0.2) is 0 Å². The van der Waals surface area contributed by atoms with Gasteiger partial charge in [-0.15, -0.1) is 0 Å². The summed E-state index contributed by atoms with van der Waals surface area (Å²) < 4.78 is 11.0. The van der Waals surface area contributed by atoms with Crippen molar-refractivity contribution in [3.05, 3.63) is 0 Å². The first-order chi connectivity index (χ1) is 9.72. The lowest BCUT2D eigenvalue weighted by Crippen LogP contribution is -2.26. The summed E-state index contributed by atoms with van der Waals surface area (Å²) in [6.45, 7) is 7.94. The Balaban J connectivity index is 1.99. The quantitative estimate of drug-likeness (QED) is 0.835. The molecular weight excluding hydrogens is 258 g/mol. The summed E-state index contributed by atoms with van der Waals surface area (Å²) in [4.78, 5) is 14.5. The van der Waals surface area contributed by atoms with Gasteiger partial charge in [0.05, 0.1) is 6.61 Å². The number of nitrogens with two attached hydrogens (primary N) is 1. The Labute approximate surface area is 119 Å². The van der Waals surface area contributed by atoms with E-state index in [2.05, 4.69) is 15.0 Å². The Morgan fingerprint density at radius 3 is 2.55 bits per heavy atom. The van der Waals surface area contributed by atoms with Crippen LogP contribution in [0, 0.1) is 5.92 Å². The number of hydrogen-bond acceptors (Lipinski definition) is 7. The van der Waals surface area contributed by atoms with Crippen LogP contribution in [0.2, 0.25) is 0 Å². The highest BCUT2D eigenvalue weighted by molar-refractivity contribution is 5.35. The zero-order valence-electron chi connectivity index (χ0n) is 12.2. The SMILES string of the molecule is CCN(CC)c1nc(N)nc(OCC2CCOCC2)n1. The maximum Gasteiger partial charge on any atom is 0.323 e. The molecule has 2 N–H and O–H groups in total. The molecule has 7 nitrogen and oxygen atoms in total. The van der Waals surface area contributed by atoms with Crippen LogP contribution in [0.5, 0.6) is 6.01 Å². The molecule has 20 heavy (non-hydrogen) atoms. The van der Waals surface area contributed by atoms with Crippen molar-refractivity contribution in [2.45, 2.75) is 26.7 Å². The van der Waals surface area contributed by atoms with Crippen molar-refractivity contribution < 1.29 is 9.47 Å². The molecule has 1 aliphatic rings. The smallest absolute Gasteiger partial charge is 0.323 e. The van der Waals surface area contributed by atoms with Crippen LogP contribution >= 0.6 is 0 Å². The molecule has 112 valence electrons. The molecule has 0 aliphatic carbocycles. The molecule has 1 aromatic rings. The third-order valence-electron chi connectivity index (χ3n) is 3.46. The molecule has 1 aliphatic heterocycles. The van der Waals surface area contributed by atoms with Crippen LogP contribution in [-0.4, -0.2) is 47.9 Å². The van der Waals surface area contributed by atoms with E-state index in [1.807, 2.05) is 18.7 Å². The maximum absolute atomic E-state index is 5.73. The molecule has 0 amide bonds. The first-order valence-corrected chi connectivity index (χ1v) is 7.20. The van der Waals surface area contributed by atoms with Crippen molar-refractivity contribution in [3.63, 3.8) is 0 Å². The zero-order chi connectivity index (χ0) is 14.4. The number of nitrogen functional groups attached to an aromatic ring is 1. The number of nitrogens with zero attached hydrogens (tertiary/aromatic N) is 4. The summed E-state index contributed by atoms with van der Waals surface area (Å²) in [5.41, 5.74) is 5.73. The summed E-state index contributed by atoms with van der Waals surface area (Å²) in [7, 11) is 0. The second kappa shape index (κ2) is 7.23. The van der Waals surface area contributed by atoms with E-state index in [1.165, 1.54) is 0 Å². The van der Waals surface area contributed by atoms with Gasteiger partial charge < -0.3 is 20.1 Å². The van der Waals surface area contributed by atoms with Gasteiger partial charge in [0.25, 0.3) is 0 Å². The van der Waals surface area contributed by atoms with E-state index in [1.54, 1.807) is 0 Å². The van der Waals surface area contributed by atoms with E-state index >= 15 is 0 Å². The number of rotatable bonds is 6. The van der Waals surface area contributed by atoms with Crippen LogP contribution in [0.15, 0.2) is 0 Å². The monoisotopic (exact) mass is 281 g/mol. The van der Waals surface area contributed by atoms with Gasteiger partial charge in [-0.1, -0.05) is 0 Å². The molecule has 0 aromatic carbocycles. The predicted molar refractivity (Wildman–Crippen MR) is 76.8 cm³/mol. The predicted octanol–water partition coefficient (Wildman–Crippen LogP) is 1.11. The van der Waals surface area contributed by atoms with Crippen LogP contribution in [-0.2, 0) is 4.74 Å². The van der Waals surface area contributed by atoms with Crippen LogP contribution in [0.4, 0.5) is 11.9 Å². The van der Waals surface area contributed by atoms with Crippen molar-refractivity contribution in [2.75, 3.05) is 43.5 Å². The van der Waals surface area contributed by atoms with E-state index in [4.69, 9.17) is 15.2 Å². The molecule has 1 fully saturated rings. The standard InChI is InChI=1S/C13H23N5O2/c1-3-18(4-2)12-15-11(14)16-13(17-12)20-9-10-5-7-19-8-6-10/h10H,3-9H2,1-2H3,(H2,14,15,16,17). The highest BCUT2D eigenvalue weighted by atomic mass is 16.5. The second-order valence-corrected chi connectivity index (χ2v) is 4.82. The van der Waals surface area contributed by atoms with Gasteiger partial charge in [0.1, 0.15) is 0 Å². The van der Waals surface area contributed by atoms with Crippen LogP contribution in [0.25, 0.3) is 0 Å². The Morgan fingerprint density at radius 1 is 1.20 bits per heavy atom. The van der Waals surface area contributed by atoms with Gasteiger partial charge in [0, 0.05) is 26.3 Å². The molecule has 1 saturated heterocycles. The Kier molecular flexibility index (Phi) is 5.34. The number of ether oxygens (including phenoxy) is 2. The third-order valence-corrected chi connectivity index (χ3v) is 3.46. The molecule has 0 saturated carbocycles. The van der Waals surface area contributed by atoms with E-state index in [0.29, 0.717) is 24.5 Å². The van der Waals surface area contributed by atoms with E-state index < -0.39 is 0 Å². The summed E-state index contributed by atoms with van der Waals surface area (Å²) in [6.07, 6.45) is 2.03. The average molecular weight is 281 g/mol. The van der Waals surface area contributed by atoms with Gasteiger partial charge in [-0.3, -0.25) is 0 Å².